The number of rotatable bonds is 12. The van der Waals surface area contributed by atoms with Crippen molar-refractivity contribution in [3.63, 3.8) is 0 Å². The van der Waals surface area contributed by atoms with Crippen LogP contribution in [-0.2, 0) is 6.54 Å². The van der Waals surface area contributed by atoms with Crippen molar-refractivity contribution in [1.29, 1.82) is 0 Å². The lowest BCUT2D eigenvalue weighted by Gasteiger charge is -2.40. The van der Waals surface area contributed by atoms with E-state index in [9.17, 15) is 10.2 Å². The monoisotopic (exact) mass is 511 g/mol. The maximum atomic E-state index is 10.9. The van der Waals surface area contributed by atoms with Gasteiger partial charge in [0.05, 0.1) is 6.61 Å². The Balaban J connectivity index is 1.72. The number of benzene rings is 4. The van der Waals surface area contributed by atoms with Gasteiger partial charge < -0.3 is 26.4 Å². The fraction of sp³-hybridized carbons (Fsp3) is 0.250. The van der Waals surface area contributed by atoms with Crippen LogP contribution in [0.15, 0.2) is 109 Å². The highest BCUT2D eigenvalue weighted by Gasteiger charge is 2.33. The highest BCUT2D eigenvalue weighted by Crippen LogP contribution is 2.33. The summed E-state index contributed by atoms with van der Waals surface area (Å²) in [6.07, 6.45) is -0.925. The van der Waals surface area contributed by atoms with Gasteiger partial charge in [-0.3, -0.25) is 4.90 Å². The number of nitrogens with two attached hydrogens (primary N) is 2. The van der Waals surface area contributed by atoms with Crippen LogP contribution in [0.25, 0.3) is 0 Å². The van der Waals surface area contributed by atoms with Gasteiger partial charge in [-0.25, -0.2) is 0 Å². The highest BCUT2D eigenvalue weighted by atomic mass is 16.5. The minimum Gasteiger partial charge on any atom is -0.472 e. The molecule has 0 saturated heterocycles. The molecule has 0 bridgehead atoms. The predicted molar refractivity (Wildman–Crippen MR) is 154 cm³/mol. The number of nitrogen functional groups attached to an aromatic ring is 2. The Morgan fingerprint density at radius 1 is 0.737 bits per heavy atom. The second-order valence-electron chi connectivity index (χ2n) is 9.68. The molecule has 2 unspecified atom stereocenters. The van der Waals surface area contributed by atoms with Gasteiger partial charge in [0.25, 0.3) is 0 Å². The summed E-state index contributed by atoms with van der Waals surface area (Å²) >= 11 is 0. The quantitative estimate of drug-likeness (QED) is 0.157. The van der Waals surface area contributed by atoms with Crippen LogP contribution >= 0.6 is 0 Å². The fourth-order valence-electron chi connectivity index (χ4n) is 4.81. The molecule has 0 fully saturated rings. The summed E-state index contributed by atoms with van der Waals surface area (Å²) in [5.74, 6) is 0.611. The molecule has 6 nitrogen and oxygen atoms in total. The van der Waals surface area contributed by atoms with Gasteiger partial charge in [-0.15, -0.1) is 0 Å². The molecule has 38 heavy (non-hydrogen) atoms. The largest absolute Gasteiger partial charge is 0.472 e. The number of hydrogen-bond acceptors (Lipinski definition) is 6. The number of aliphatic hydroxyl groups excluding tert-OH is 2. The Labute approximate surface area is 225 Å². The molecule has 0 spiro atoms. The Morgan fingerprint density at radius 2 is 1.24 bits per heavy atom. The van der Waals surface area contributed by atoms with E-state index in [1.165, 1.54) is 0 Å². The Hall–Kier alpha value is -3.84. The number of aliphatic hydroxyl groups is 2. The van der Waals surface area contributed by atoms with E-state index in [1.807, 2.05) is 109 Å². The second kappa shape index (κ2) is 13.1. The minimum absolute atomic E-state index is 0.0435. The molecule has 0 aliphatic carbocycles. The van der Waals surface area contributed by atoms with Crippen LogP contribution in [0.4, 0.5) is 11.4 Å². The summed E-state index contributed by atoms with van der Waals surface area (Å²) in [7, 11) is 0. The summed E-state index contributed by atoms with van der Waals surface area (Å²) in [5, 5.41) is 21.7. The molecular weight excluding hydrogens is 474 g/mol. The lowest BCUT2D eigenvalue weighted by atomic mass is 9.85. The van der Waals surface area contributed by atoms with Gasteiger partial charge in [-0.2, -0.15) is 0 Å². The Kier molecular flexibility index (Phi) is 9.38. The zero-order valence-corrected chi connectivity index (χ0v) is 21.7. The molecule has 0 aliphatic rings. The van der Waals surface area contributed by atoms with Crippen molar-refractivity contribution in [3.8, 4) is 5.75 Å². The molecule has 0 aromatic heterocycles. The molecule has 6 heteroatoms. The van der Waals surface area contributed by atoms with Crippen molar-refractivity contribution in [2.45, 2.75) is 44.2 Å². The van der Waals surface area contributed by atoms with Crippen LogP contribution < -0.4 is 16.2 Å². The van der Waals surface area contributed by atoms with Gasteiger partial charge in [0.2, 0.25) is 0 Å². The molecule has 3 atom stereocenters. The van der Waals surface area contributed by atoms with Crippen molar-refractivity contribution in [2.24, 2.45) is 0 Å². The van der Waals surface area contributed by atoms with Gasteiger partial charge >= 0.3 is 0 Å². The maximum absolute atomic E-state index is 10.9. The molecule has 4 rings (SSSR count). The topological polar surface area (TPSA) is 105 Å². The van der Waals surface area contributed by atoms with Crippen molar-refractivity contribution in [2.75, 3.05) is 18.1 Å². The molecule has 6 N–H and O–H groups in total. The smallest absolute Gasteiger partial charge is 0.179 e. The summed E-state index contributed by atoms with van der Waals surface area (Å²) in [6, 6.07) is 34.9. The number of nitrogens with zero attached hydrogens (tertiary/aromatic N) is 1. The van der Waals surface area contributed by atoms with Crippen molar-refractivity contribution < 1.29 is 14.9 Å². The minimum atomic E-state index is -0.820. The van der Waals surface area contributed by atoms with Crippen LogP contribution in [-0.4, -0.2) is 40.1 Å². The van der Waals surface area contributed by atoms with Crippen LogP contribution in [0.2, 0.25) is 0 Å². The lowest BCUT2D eigenvalue weighted by Crippen LogP contribution is -2.52. The van der Waals surface area contributed by atoms with Gasteiger partial charge in [0.1, 0.15) is 11.9 Å². The fourth-order valence-corrected chi connectivity index (χ4v) is 4.81. The van der Waals surface area contributed by atoms with E-state index >= 15 is 0 Å². The summed E-state index contributed by atoms with van der Waals surface area (Å²) in [6.45, 7) is 2.09. The second-order valence-corrected chi connectivity index (χ2v) is 9.68. The molecular formula is C32H37N3O3. The third-order valence-corrected chi connectivity index (χ3v) is 6.81. The first kappa shape index (κ1) is 27.2. The average molecular weight is 512 g/mol. The number of para-hydroxylation sites is 1. The zero-order valence-electron chi connectivity index (χ0n) is 21.7. The molecule has 4 aromatic carbocycles. The normalized spacial score (nSPS) is 13.8. The van der Waals surface area contributed by atoms with Crippen LogP contribution in [0.1, 0.15) is 36.0 Å². The summed E-state index contributed by atoms with van der Waals surface area (Å²) in [4.78, 5) is 2.06. The molecule has 0 heterocycles. The van der Waals surface area contributed by atoms with E-state index in [4.69, 9.17) is 16.2 Å². The molecule has 0 saturated carbocycles. The summed E-state index contributed by atoms with van der Waals surface area (Å²) in [5.41, 5.74) is 16.6. The molecule has 0 aliphatic heterocycles. The predicted octanol–water partition coefficient (Wildman–Crippen LogP) is 5.02. The maximum Gasteiger partial charge on any atom is 0.179 e. The van der Waals surface area contributed by atoms with Crippen molar-refractivity contribution in [1.82, 2.24) is 4.90 Å². The van der Waals surface area contributed by atoms with E-state index < -0.39 is 12.3 Å². The first-order valence-corrected chi connectivity index (χ1v) is 13.0. The van der Waals surface area contributed by atoms with Gasteiger partial charge in [0.15, 0.2) is 6.23 Å². The molecule has 198 valence electrons. The first-order chi connectivity index (χ1) is 18.4. The van der Waals surface area contributed by atoms with E-state index in [0.29, 0.717) is 30.1 Å². The Morgan fingerprint density at radius 3 is 1.71 bits per heavy atom. The van der Waals surface area contributed by atoms with E-state index in [1.54, 1.807) is 6.92 Å². The molecule has 4 aromatic rings. The van der Waals surface area contributed by atoms with Gasteiger partial charge in [-0.1, -0.05) is 72.8 Å². The van der Waals surface area contributed by atoms with Gasteiger partial charge in [0, 0.05) is 29.9 Å². The van der Waals surface area contributed by atoms with Crippen LogP contribution in [0.3, 0.4) is 0 Å². The number of anilines is 2. The first-order valence-electron chi connectivity index (χ1n) is 13.0. The van der Waals surface area contributed by atoms with Crippen molar-refractivity contribution >= 4 is 11.4 Å². The number of ether oxygens (including phenoxy) is 1. The highest BCUT2D eigenvalue weighted by molar-refractivity contribution is 5.45. The summed E-state index contributed by atoms with van der Waals surface area (Å²) < 4.78 is 6.35. The van der Waals surface area contributed by atoms with Crippen LogP contribution in [0, 0.1) is 0 Å². The third-order valence-electron chi connectivity index (χ3n) is 6.81. The average Bonchev–Trinajstić information content (AvgIpc) is 2.94. The van der Waals surface area contributed by atoms with Gasteiger partial charge in [-0.05, 0) is 66.4 Å². The molecule has 0 radical (unpaired) electrons. The van der Waals surface area contributed by atoms with E-state index in [2.05, 4.69) is 4.90 Å². The van der Waals surface area contributed by atoms with Crippen molar-refractivity contribution in [3.05, 3.63) is 126 Å². The van der Waals surface area contributed by atoms with Crippen LogP contribution in [0.5, 0.6) is 5.75 Å². The Bertz CT molecular complexity index is 1190. The third kappa shape index (κ3) is 7.13. The lowest BCUT2D eigenvalue weighted by molar-refractivity contribution is -0.0923. The zero-order chi connectivity index (χ0) is 26.9. The number of hydrogen-bond donors (Lipinski definition) is 4. The van der Waals surface area contributed by atoms with E-state index in [0.717, 1.165) is 16.7 Å². The molecule has 0 amide bonds. The standard InChI is InChI=1S/C32H37N3O3/c1-23(37)32(38-30-10-6-3-7-11-30)35(21-24-8-4-2-5-9-24)29(22-36)20-31(25-12-16-27(33)17-13-25)26-14-18-28(34)19-15-26/h2-19,23,29,31-32,36-37H,20-22,33-34H2,1H3/t23?,29-,32?/m0/s1. The SMILES string of the molecule is CC(O)C(Oc1ccccc1)N(Cc1ccccc1)[C@H](CO)CC(c1ccc(N)cc1)c1ccc(N)cc1. The van der Waals surface area contributed by atoms with E-state index in [-0.39, 0.29) is 18.6 Å².